The molecule has 1 aliphatic rings. The van der Waals surface area contributed by atoms with Crippen molar-refractivity contribution in [3.8, 4) is 17.0 Å². The maximum Gasteiger partial charge on any atom is 0.331 e. The molecule has 3 N–H and O–H groups in total. The number of nitrogens with zero attached hydrogens (tertiary/aromatic N) is 5. The van der Waals surface area contributed by atoms with Gasteiger partial charge in [0.1, 0.15) is 24.3 Å². The van der Waals surface area contributed by atoms with Crippen molar-refractivity contribution >= 4 is 23.4 Å². The van der Waals surface area contributed by atoms with Crippen molar-refractivity contribution in [2.75, 3.05) is 23.8 Å². The molecule has 3 aromatic rings. The van der Waals surface area contributed by atoms with Crippen LogP contribution in [0.2, 0.25) is 0 Å². The summed E-state index contributed by atoms with van der Waals surface area (Å²) in [5.41, 5.74) is 7.14. The number of hydrogen-bond acceptors (Lipinski definition) is 7. The van der Waals surface area contributed by atoms with E-state index in [0.29, 0.717) is 12.2 Å². The van der Waals surface area contributed by atoms with E-state index in [4.69, 9.17) is 10.5 Å². The second-order valence-corrected chi connectivity index (χ2v) is 7.33. The summed E-state index contributed by atoms with van der Waals surface area (Å²) >= 11 is 0. The van der Waals surface area contributed by atoms with Crippen LogP contribution in [0.3, 0.4) is 0 Å². The van der Waals surface area contributed by atoms with Crippen molar-refractivity contribution in [1.29, 1.82) is 0 Å². The molecule has 2 aromatic heterocycles. The predicted molar refractivity (Wildman–Crippen MR) is 108 cm³/mol. The van der Waals surface area contributed by atoms with Crippen LogP contribution in [0.25, 0.3) is 11.1 Å². The van der Waals surface area contributed by atoms with Gasteiger partial charge in [-0.2, -0.15) is 5.10 Å². The van der Waals surface area contributed by atoms with Gasteiger partial charge < -0.3 is 20.5 Å². The Morgan fingerprint density at radius 3 is 2.63 bits per heavy atom. The summed E-state index contributed by atoms with van der Waals surface area (Å²) in [6.45, 7) is 3.76. The second kappa shape index (κ2) is 7.14. The number of hydrogen-bond donors (Lipinski definition) is 2. The van der Waals surface area contributed by atoms with E-state index < -0.39 is 11.5 Å². The lowest BCUT2D eigenvalue weighted by Gasteiger charge is -2.20. The normalized spacial score (nSPS) is 14.1. The first-order valence-electron chi connectivity index (χ1n) is 9.23. The van der Waals surface area contributed by atoms with Crippen molar-refractivity contribution in [3.63, 3.8) is 0 Å². The number of benzene rings is 1. The highest BCUT2D eigenvalue weighted by Crippen LogP contribution is 2.29. The lowest BCUT2D eigenvalue weighted by Crippen LogP contribution is -2.35. The van der Waals surface area contributed by atoms with E-state index in [1.807, 2.05) is 12.1 Å². The van der Waals surface area contributed by atoms with Gasteiger partial charge in [-0.3, -0.25) is 9.48 Å². The quantitative estimate of drug-likeness (QED) is 0.667. The Bertz CT molecular complexity index is 1120. The van der Waals surface area contributed by atoms with Gasteiger partial charge in [0.05, 0.1) is 12.7 Å². The zero-order valence-electron chi connectivity index (χ0n) is 16.4. The molecule has 1 amide bonds. The minimum absolute atomic E-state index is 0.0713. The summed E-state index contributed by atoms with van der Waals surface area (Å²) < 4.78 is 6.96. The van der Waals surface area contributed by atoms with Gasteiger partial charge >= 0.3 is 5.97 Å². The third-order valence-electron chi connectivity index (χ3n) is 5.05. The van der Waals surface area contributed by atoms with Gasteiger partial charge in [-0.15, -0.1) is 0 Å². The molecule has 30 heavy (non-hydrogen) atoms. The fourth-order valence-electron chi connectivity index (χ4n) is 3.12. The summed E-state index contributed by atoms with van der Waals surface area (Å²) in [4.78, 5) is 33.9. The van der Waals surface area contributed by atoms with Crippen molar-refractivity contribution in [1.82, 2.24) is 19.7 Å². The molecule has 3 heterocycles. The van der Waals surface area contributed by atoms with Crippen molar-refractivity contribution in [2.24, 2.45) is 0 Å². The van der Waals surface area contributed by atoms with E-state index in [0.717, 1.165) is 11.1 Å². The minimum atomic E-state index is -1.16. The molecule has 1 aliphatic heterocycles. The monoisotopic (exact) mass is 408 g/mol. The van der Waals surface area contributed by atoms with Crippen LogP contribution in [0, 0.1) is 0 Å². The lowest BCUT2D eigenvalue weighted by atomic mass is 10.1. The van der Waals surface area contributed by atoms with Crippen LogP contribution < -0.4 is 15.4 Å². The largest absolute Gasteiger partial charge is 0.479 e. The molecular weight excluding hydrogens is 388 g/mol. The first-order valence-corrected chi connectivity index (χ1v) is 9.23. The lowest BCUT2D eigenvalue weighted by molar-refractivity contribution is -0.146. The number of ether oxygens (including phenoxy) is 1. The summed E-state index contributed by atoms with van der Waals surface area (Å²) in [7, 11) is 0. The smallest absolute Gasteiger partial charge is 0.331 e. The number of nitrogens with two attached hydrogens (primary N) is 1. The molecule has 0 radical (unpaired) electrons. The first-order chi connectivity index (χ1) is 14.3. The van der Waals surface area contributed by atoms with E-state index in [2.05, 4.69) is 15.1 Å². The highest BCUT2D eigenvalue weighted by molar-refractivity contribution is 6.10. The molecule has 1 aromatic carbocycles. The molecule has 0 saturated carbocycles. The number of amides is 1. The van der Waals surface area contributed by atoms with Gasteiger partial charge in [0.25, 0.3) is 5.91 Å². The van der Waals surface area contributed by atoms with Crippen LogP contribution in [-0.4, -0.2) is 49.9 Å². The Kier molecular flexibility index (Phi) is 4.61. The third kappa shape index (κ3) is 3.21. The van der Waals surface area contributed by atoms with Crippen molar-refractivity contribution < 1.29 is 19.4 Å². The van der Waals surface area contributed by atoms with Crippen molar-refractivity contribution in [2.45, 2.75) is 19.4 Å². The topological polar surface area (TPSA) is 136 Å². The predicted octanol–water partition coefficient (Wildman–Crippen LogP) is 1.78. The highest BCUT2D eigenvalue weighted by Gasteiger charge is 2.31. The van der Waals surface area contributed by atoms with Crippen LogP contribution >= 0.6 is 0 Å². The molecule has 4 rings (SSSR count). The Hall–Kier alpha value is -3.95. The molecule has 0 fully saturated rings. The molecule has 0 atom stereocenters. The standard InChI is InChI=1S/C20H20N6O4/c1-20(2,19(28)29)26-10-13(9-24-26)12-3-5-14(6-4-12)25-7-8-30-17-15(18(25)27)16(21)22-11-23-17/h3-6,9-11H,7-8H2,1-2H3,(H,28,29)(H2,21,22,23). The summed E-state index contributed by atoms with van der Waals surface area (Å²) in [5, 5.41) is 13.5. The fraction of sp³-hybridized carbons (Fsp3) is 0.250. The second-order valence-electron chi connectivity index (χ2n) is 7.33. The molecule has 154 valence electrons. The Morgan fingerprint density at radius 2 is 1.93 bits per heavy atom. The van der Waals surface area contributed by atoms with Crippen LogP contribution in [0.5, 0.6) is 5.88 Å². The number of aliphatic carboxylic acids is 1. The van der Waals surface area contributed by atoms with Crippen LogP contribution in [0.15, 0.2) is 43.0 Å². The Balaban J connectivity index is 1.62. The number of fused-ring (bicyclic) bond motifs is 1. The Morgan fingerprint density at radius 1 is 1.20 bits per heavy atom. The summed E-state index contributed by atoms with van der Waals surface area (Å²) in [6.07, 6.45) is 4.55. The van der Waals surface area contributed by atoms with Crippen LogP contribution in [0.4, 0.5) is 11.5 Å². The number of carbonyl (C=O) groups is 2. The number of nitrogen functional groups attached to an aromatic ring is 1. The number of anilines is 2. The molecule has 0 bridgehead atoms. The number of carboxylic acid groups (broad SMARTS) is 1. The number of rotatable bonds is 4. The number of aromatic nitrogens is 4. The SMILES string of the molecule is CC(C)(C(=O)O)n1cc(-c2ccc(N3CCOc4ncnc(N)c4C3=O)cc2)cn1. The van der Waals surface area contributed by atoms with Crippen molar-refractivity contribution in [3.05, 3.63) is 48.5 Å². The fourth-order valence-corrected chi connectivity index (χ4v) is 3.12. The molecule has 10 heteroatoms. The molecule has 0 aliphatic carbocycles. The van der Waals surface area contributed by atoms with E-state index in [1.165, 1.54) is 11.0 Å². The van der Waals surface area contributed by atoms with Gasteiger partial charge in [0.15, 0.2) is 5.54 Å². The van der Waals surface area contributed by atoms with E-state index >= 15 is 0 Å². The molecule has 0 unspecified atom stereocenters. The summed E-state index contributed by atoms with van der Waals surface area (Å²) in [5.74, 6) is -1.05. The Labute approximate surface area is 171 Å². The third-order valence-corrected chi connectivity index (χ3v) is 5.05. The van der Waals surface area contributed by atoms with Gasteiger partial charge in [-0.05, 0) is 31.5 Å². The van der Waals surface area contributed by atoms with E-state index in [9.17, 15) is 14.7 Å². The molecule has 0 saturated heterocycles. The van der Waals surface area contributed by atoms with Gasteiger partial charge in [-0.1, -0.05) is 12.1 Å². The molecule has 10 nitrogen and oxygen atoms in total. The van der Waals surface area contributed by atoms with E-state index in [-0.39, 0.29) is 29.8 Å². The zero-order chi connectivity index (χ0) is 21.5. The van der Waals surface area contributed by atoms with Gasteiger partial charge in [0.2, 0.25) is 5.88 Å². The number of carbonyl (C=O) groups excluding carboxylic acids is 1. The van der Waals surface area contributed by atoms with Gasteiger partial charge in [-0.25, -0.2) is 14.8 Å². The van der Waals surface area contributed by atoms with E-state index in [1.54, 1.807) is 43.3 Å². The number of carboxylic acids is 1. The minimum Gasteiger partial charge on any atom is -0.479 e. The van der Waals surface area contributed by atoms with Crippen LogP contribution in [0.1, 0.15) is 24.2 Å². The maximum atomic E-state index is 13.0. The first kappa shape index (κ1) is 19.4. The highest BCUT2D eigenvalue weighted by atomic mass is 16.5. The zero-order valence-corrected chi connectivity index (χ0v) is 16.4. The molecule has 0 spiro atoms. The average Bonchev–Trinajstić information content (AvgIpc) is 3.15. The summed E-state index contributed by atoms with van der Waals surface area (Å²) in [6, 6.07) is 7.29. The molecular formula is C20H20N6O4. The average molecular weight is 408 g/mol. The van der Waals surface area contributed by atoms with Crippen LogP contribution in [-0.2, 0) is 10.3 Å². The maximum absolute atomic E-state index is 13.0. The van der Waals surface area contributed by atoms with Gasteiger partial charge in [0, 0.05) is 17.4 Å².